The second-order valence-electron chi connectivity index (χ2n) is 1.97. The molecule has 1 rings (SSSR count). The fourth-order valence-electron chi connectivity index (χ4n) is 0.659. The highest BCUT2D eigenvalue weighted by atomic mass is 35.5. The lowest BCUT2D eigenvalue weighted by atomic mass is 10.3. The van der Waals surface area contributed by atoms with Gasteiger partial charge in [0.05, 0.1) is 11.5 Å². The summed E-state index contributed by atoms with van der Waals surface area (Å²) in [4.78, 5) is 10.6. The zero-order valence-corrected chi connectivity index (χ0v) is 6.96. The molecule has 0 bridgehead atoms. The minimum Gasteiger partial charge on any atom is -0.503 e. The molecule has 2 nitrogen and oxygen atoms in total. The van der Waals surface area contributed by atoms with E-state index < -0.39 is 15.9 Å². The van der Waals surface area contributed by atoms with Gasteiger partial charge in [0, 0.05) is 0 Å². The number of alkyl halides is 2. The van der Waals surface area contributed by atoms with Crippen LogP contribution in [0.15, 0.2) is 10.8 Å². The van der Waals surface area contributed by atoms with E-state index in [2.05, 4.69) is 0 Å². The Kier molecular flexibility index (Phi) is 1.88. The van der Waals surface area contributed by atoms with E-state index in [1.807, 2.05) is 0 Å². The van der Waals surface area contributed by atoms with Crippen LogP contribution in [0.3, 0.4) is 0 Å². The lowest BCUT2D eigenvalue weighted by Gasteiger charge is -2.07. The number of rotatable bonds is 0. The highest BCUT2D eigenvalue weighted by Gasteiger charge is 2.42. The zero-order valence-electron chi connectivity index (χ0n) is 4.70. The summed E-state index contributed by atoms with van der Waals surface area (Å²) in [6.07, 6.45) is -0.152. The summed E-state index contributed by atoms with van der Waals surface area (Å²) in [5.41, 5.74) is 0. The molecule has 0 fully saturated rings. The molecule has 10 heavy (non-hydrogen) atoms. The molecule has 0 heterocycles. The molecule has 1 aliphatic carbocycles. The number of hydrogen-bond donors (Lipinski definition) is 1. The van der Waals surface area contributed by atoms with Crippen LogP contribution in [0.25, 0.3) is 0 Å². The van der Waals surface area contributed by atoms with Crippen molar-refractivity contribution in [3.8, 4) is 0 Å². The molecule has 56 valence electrons. The summed E-state index contributed by atoms with van der Waals surface area (Å²) in [5.74, 6) is -1.04. The molecular weight excluding hydrogens is 198 g/mol. The van der Waals surface area contributed by atoms with Gasteiger partial charge in [-0.25, -0.2) is 0 Å². The molecule has 5 heteroatoms. The van der Waals surface area contributed by atoms with E-state index in [0.29, 0.717) is 0 Å². The molecule has 0 saturated heterocycles. The fourth-order valence-corrected chi connectivity index (χ4v) is 1.25. The Hall–Kier alpha value is 0.0800. The first-order valence-corrected chi connectivity index (χ1v) is 3.59. The van der Waals surface area contributed by atoms with Gasteiger partial charge in [-0.05, 0) is 0 Å². The zero-order chi connectivity index (χ0) is 7.94. The van der Waals surface area contributed by atoms with Crippen LogP contribution in [0.4, 0.5) is 0 Å². The molecule has 0 saturated carbocycles. The van der Waals surface area contributed by atoms with Gasteiger partial charge in [-0.3, -0.25) is 4.79 Å². The number of carbonyl (C=O) groups is 1. The summed E-state index contributed by atoms with van der Waals surface area (Å²) in [7, 11) is 0. The monoisotopic (exact) mass is 200 g/mol. The van der Waals surface area contributed by atoms with Gasteiger partial charge in [-0.2, -0.15) is 0 Å². The van der Waals surface area contributed by atoms with Crippen molar-refractivity contribution in [2.45, 2.75) is 10.8 Å². The van der Waals surface area contributed by atoms with Crippen molar-refractivity contribution in [2.24, 2.45) is 0 Å². The first-order chi connectivity index (χ1) is 4.45. The summed E-state index contributed by atoms with van der Waals surface area (Å²) in [6, 6.07) is 0. The molecule has 0 spiro atoms. The van der Waals surface area contributed by atoms with Crippen LogP contribution in [0.1, 0.15) is 6.42 Å². The number of halogens is 3. The Morgan fingerprint density at radius 3 is 2.10 bits per heavy atom. The molecular formula is C5H3Cl3O2. The maximum atomic E-state index is 10.6. The summed E-state index contributed by atoms with van der Waals surface area (Å²) in [6.45, 7) is 0. The Labute approximate surface area is 72.4 Å². The number of aliphatic hydroxyl groups is 1. The second-order valence-corrected chi connectivity index (χ2v) is 3.83. The third kappa shape index (κ3) is 1.11. The van der Waals surface area contributed by atoms with Crippen LogP contribution in [0, 0.1) is 0 Å². The van der Waals surface area contributed by atoms with Crippen molar-refractivity contribution < 1.29 is 9.90 Å². The molecule has 0 aromatic carbocycles. The van der Waals surface area contributed by atoms with Crippen LogP contribution < -0.4 is 0 Å². The number of allylic oxidation sites excluding steroid dienone is 2. The summed E-state index contributed by atoms with van der Waals surface area (Å²) in [5, 5.41) is 8.65. The van der Waals surface area contributed by atoms with Crippen molar-refractivity contribution in [3.05, 3.63) is 10.8 Å². The Morgan fingerprint density at radius 2 is 2.00 bits per heavy atom. The van der Waals surface area contributed by atoms with Gasteiger partial charge in [0.2, 0.25) is 5.78 Å². The minimum absolute atomic E-state index is 0.152. The van der Waals surface area contributed by atoms with Gasteiger partial charge in [0.25, 0.3) is 0 Å². The minimum atomic E-state index is -1.41. The molecule has 0 unspecified atom stereocenters. The topological polar surface area (TPSA) is 37.3 Å². The Morgan fingerprint density at radius 1 is 1.50 bits per heavy atom. The van der Waals surface area contributed by atoms with Gasteiger partial charge in [-0.15, -0.1) is 0 Å². The van der Waals surface area contributed by atoms with Crippen LogP contribution in [-0.4, -0.2) is 15.2 Å². The van der Waals surface area contributed by atoms with Crippen molar-refractivity contribution in [1.29, 1.82) is 0 Å². The molecule has 0 atom stereocenters. The van der Waals surface area contributed by atoms with Gasteiger partial charge < -0.3 is 5.11 Å². The predicted molar refractivity (Wildman–Crippen MR) is 39.6 cm³/mol. The highest BCUT2D eigenvalue weighted by Crippen LogP contribution is 2.43. The highest BCUT2D eigenvalue weighted by molar-refractivity contribution is 6.58. The van der Waals surface area contributed by atoms with Crippen molar-refractivity contribution >= 4 is 40.6 Å². The summed E-state index contributed by atoms with van der Waals surface area (Å²) >= 11 is 16.4. The first kappa shape index (κ1) is 8.18. The number of Topliss-reactive ketones (excluding diaryl/α,β-unsaturated/α-hetero) is 1. The van der Waals surface area contributed by atoms with Crippen molar-refractivity contribution in [2.75, 3.05) is 0 Å². The van der Waals surface area contributed by atoms with Gasteiger partial charge >= 0.3 is 0 Å². The number of aliphatic hydroxyl groups excluding tert-OH is 1. The van der Waals surface area contributed by atoms with E-state index in [1.165, 1.54) is 0 Å². The number of hydrogen-bond acceptors (Lipinski definition) is 2. The van der Waals surface area contributed by atoms with Gasteiger partial charge in [0.1, 0.15) is 0 Å². The van der Waals surface area contributed by atoms with Crippen LogP contribution >= 0.6 is 34.8 Å². The lowest BCUT2D eigenvalue weighted by molar-refractivity contribution is -0.117. The van der Waals surface area contributed by atoms with E-state index in [0.717, 1.165) is 0 Å². The molecule has 1 aliphatic rings. The average Bonchev–Trinajstić information content (AvgIpc) is 1.95. The molecule has 0 radical (unpaired) electrons. The van der Waals surface area contributed by atoms with Gasteiger partial charge in [0.15, 0.2) is 10.1 Å². The quantitative estimate of drug-likeness (QED) is 0.610. The maximum absolute atomic E-state index is 10.6. The molecule has 0 aromatic heterocycles. The Bertz CT molecular complexity index is 219. The standard InChI is InChI=1S/C5H3Cl3O2/c6-4-3(10)2(9)1-5(4,7)8/h10H,1H2. The van der Waals surface area contributed by atoms with Crippen molar-refractivity contribution in [3.63, 3.8) is 0 Å². The normalized spacial score (nSPS) is 24.1. The summed E-state index contributed by atoms with van der Waals surface area (Å²) < 4.78 is -1.41. The largest absolute Gasteiger partial charge is 0.503 e. The van der Waals surface area contributed by atoms with E-state index in [-0.39, 0.29) is 11.5 Å². The number of ketones is 1. The molecule has 1 N–H and O–H groups in total. The van der Waals surface area contributed by atoms with Gasteiger partial charge in [-0.1, -0.05) is 34.8 Å². The van der Waals surface area contributed by atoms with E-state index in [9.17, 15) is 4.79 Å². The van der Waals surface area contributed by atoms with Crippen LogP contribution in [-0.2, 0) is 4.79 Å². The predicted octanol–water partition coefficient (Wildman–Crippen LogP) is 2.14. The smallest absolute Gasteiger partial charge is 0.201 e. The molecule has 0 aliphatic heterocycles. The first-order valence-electron chi connectivity index (χ1n) is 2.45. The van der Waals surface area contributed by atoms with E-state index in [1.54, 1.807) is 0 Å². The Balaban J connectivity index is 3.06. The van der Waals surface area contributed by atoms with Crippen molar-refractivity contribution in [1.82, 2.24) is 0 Å². The fraction of sp³-hybridized carbons (Fsp3) is 0.400. The SMILES string of the molecule is O=C1CC(Cl)(Cl)C(Cl)=C1O. The number of carbonyl (C=O) groups excluding carboxylic acids is 1. The lowest BCUT2D eigenvalue weighted by Crippen LogP contribution is -2.09. The average molecular weight is 201 g/mol. The third-order valence-corrected chi connectivity index (χ3v) is 2.52. The van der Waals surface area contributed by atoms with Crippen LogP contribution in [0.5, 0.6) is 0 Å². The molecule has 0 aromatic rings. The second kappa shape index (κ2) is 2.29. The third-order valence-electron chi connectivity index (χ3n) is 1.18. The van der Waals surface area contributed by atoms with E-state index in [4.69, 9.17) is 39.9 Å². The maximum Gasteiger partial charge on any atom is 0.201 e. The van der Waals surface area contributed by atoms with Crippen LogP contribution in [0.2, 0.25) is 0 Å². The molecule has 0 amide bonds. The van der Waals surface area contributed by atoms with E-state index >= 15 is 0 Å².